The molecule has 2 rings (SSSR count). The number of nitrogens with zero attached hydrogens (tertiary/aromatic N) is 1. The van der Waals surface area contributed by atoms with Crippen LogP contribution in [0, 0.1) is 11.3 Å². The van der Waals surface area contributed by atoms with Crippen molar-refractivity contribution in [3.05, 3.63) is 69.3 Å². The number of hydrogen-bond acceptors (Lipinski definition) is 4. The molecular weight excluding hydrogens is 406 g/mol. The highest BCUT2D eigenvalue weighted by molar-refractivity contribution is 9.10. The first-order chi connectivity index (χ1) is 12.0. The third-order valence-corrected chi connectivity index (χ3v) is 4.28. The van der Waals surface area contributed by atoms with Gasteiger partial charge in [0.15, 0.2) is 0 Å². The highest BCUT2D eigenvalue weighted by Gasteiger charge is 2.12. The molecular formula is C18H15BrClN3O2. The smallest absolute Gasteiger partial charge is 0.267 e. The zero-order valence-electron chi connectivity index (χ0n) is 13.3. The molecule has 0 spiro atoms. The largest absolute Gasteiger partial charge is 0.495 e. The Morgan fingerprint density at radius 2 is 2.12 bits per heavy atom. The topological polar surface area (TPSA) is 74.1 Å². The predicted molar refractivity (Wildman–Crippen MR) is 101 cm³/mol. The molecule has 2 N–H and O–H groups in total. The van der Waals surface area contributed by atoms with E-state index in [1.165, 1.54) is 13.3 Å². The molecule has 0 atom stereocenters. The van der Waals surface area contributed by atoms with Crippen molar-refractivity contribution in [1.82, 2.24) is 5.32 Å². The number of anilines is 1. The molecule has 0 fully saturated rings. The van der Waals surface area contributed by atoms with Crippen LogP contribution < -0.4 is 15.4 Å². The first-order valence-corrected chi connectivity index (χ1v) is 8.44. The first kappa shape index (κ1) is 18.8. The number of nitriles is 1. The Balaban J connectivity index is 2.07. The van der Waals surface area contributed by atoms with E-state index in [1.807, 2.05) is 30.3 Å². The van der Waals surface area contributed by atoms with Crippen LogP contribution in [-0.2, 0) is 11.3 Å². The molecule has 1 amide bonds. The van der Waals surface area contributed by atoms with Crippen LogP contribution in [0.15, 0.2) is 58.7 Å². The normalized spacial score (nSPS) is 10.7. The number of benzene rings is 2. The lowest BCUT2D eigenvalue weighted by molar-refractivity contribution is -0.112. The number of carbonyl (C=O) groups excluding carboxylic acids is 1. The summed E-state index contributed by atoms with van der Waals surface area (Å²) in [5, 5.41) is 15.3. The summed E-state index contributed by atoms with van der Waals surface area (Å²) in [6, 6.07) is 14.4. The Bertz CT molecular complexity index is 846. The van der Waals surface area contributed by atoms with E-state index in [9.17, 15) is 10.1 Å². The summed E-state index contributed by atoms with van der Waals surface area (Å²) in [5.74, 6) is -0.0982. The van der Waals surface area contributed by atoms with E-state index in [1.54, 1.807) is 18.2 Å². The standard InChI is InChI=1S/C18H15BrClN3O2/c1-25-17-7-6-14(20)8-16(17)23-18(24)13(9-21)11-22-10-12-4-2-3-5-15(12)19/h2-8,11,22H,10H2,1H3,(H,23,24)/b13-11-. The van der Waals surface area contributed by atoms with Gasteiger partial charge in [-0.2, -0.15) is 5.26 Å². The van der Waals surface area contributed by atoms with Gasteiger partial charge in [-0.05, 0) is 29.8 Å². The number of nitrogens with one attached hydrogen (secondary N) is 2. The Morgan fingerprint density at radius 1 is 1.36 bits per heavy atom. The molecule has 0 saturated carbocycles. The lowest BCUT2D eigenvalue weighted by Crippen LogP contribution is -2.17. The lowest BCUT2D eigenvalue weighted by atomic mass is 10.2. The molecule has 0 bridgehead atoms. The Labute approximate surface area is 159 Å². The summed E-state index contributed by atoms with van der Waals surface area (Å²) in [6.45, 7) is 0.473. The lowest BCUT2D eigenvalue weighted by Gasteiger charge is -2.10. The van der Waals surface area contributed by atoms with Crippen LogP contribution in [-0.4, -0.2) is 13.0 Å². The maximum absolute atomic E-state index is 12.3. The summed E-state index contributed by atoms with van der Waals surface area (Å²) >= 11 is 9.38. The number of carbonyl (C=O) groups is 1. The molecule has 128 valence electrons. The third kappa shape index (κ3) is 5.24. The van der Waals surface area contributed by atoms with E-state index in [0.29, 0.717) is 23.0 Å². The number of methoxy groups -OCH3 is 1. The highest BCUT2D eigenvalue weighted by Crippen LogP contribution is 2.27. The summed E-state index contributed by atoms with van der Waals surface area (Å²) < 4.78 is 6.12. The van der Waals surface area contributed by atoms with Crippen molar-refractivity contribution in [2.24, 2.45) is 0 Å². The SMILES string of the molecule is COc1ccc(Cl)cc1NC(=O)/C(C#N)=C\NCc1ccccc1Br. The molecule has 0 radical (unpaired) electrons. The molecule has 5 nitrogen and oxygen atoms in total. The third-order valence-electron chi connectivity index (χ3n) is 3.27. The van der Waals surface area contributed by atoms with Crippen LogP contribution in [0.4, 0.5) is 5.69 Å². The van der Waals surface area contributed by atoms with Gasteiger partial charge < -0.3 is 15.4 Å². The number of amides is 1. The van der Waals surface area contributed by atoms with Crippen LogP contribution in [0.5, 0.6) is 5.75 Å². The van der Waals surface area contributed by atoms with E-state index < -0.39 is 5.91 Å². The molecule has 0 aromatic heterocycles. The van der Waals surface area contributed by atoms with Crippen molar-refractivity contribution < 1.29 is 9.53 Å². The number of hydrogen-bond donors (Lipinski definition) is 2. The fourth-order valence-corrected chi connectivity index (χ4v) is 2.62. The molecule has 2 aromatic carbocycles. The van der Waals surface area contributed by atoms with Gasteiger partial charge in [0.25, 0.3) is 5.91 Å². The molecule has 25 heavy (non-hydrogen) atoms. The Kier molecular flexibility index (Phi) is 6.87. The summed E-state index contributed by atoms with van der Waals surface area (Å²) in [7, 11) is 1.49. The maximum atomic E-state index is 12.3. The molecule has 0 saturated heterocycles. The van der Waals surface area contributed by atoms with E-state index in [4.69, 9.17) is 16.3 Å². The minimum Gasteiger partial charge on any atom is -0.495 e. The van der Waals surface area contributed by atoms with E-state index in [-0.39, 0.29) is 5.57 Å². The second-order valence-corrected chi connectivity index (χ2v) is 6.23. The molecule has 0 aliphatic carbocycles. The minimum absolute atomic E-state index is 0.0610. The van der Waals surface area contributed by atoms with Gasteiger partial charge in [0.05, 0.1) is 12.8 Å². The zero-order chi connectivity index (χ0) is 18.2. The highest BCUT2D eigenvalue weighted by atomic mass is 79.9. The fraction of sp³-hybridized carbons (Fsp3) is 0.111. The van der Waals surface area contributed by atoms with E-state index in [2.05, 4.69) is 26.6 Å². The van der Waals surface area contributed by atoms with Gasteiger partial charge in [0.1, 0.15) is 17.4 Å². The number of halogens is 2. The molecule has 7 heteroatoms. The van der Waals surface area contributed by atoms with Crippen LogP contribution in [0.3, 0.4) is 0 Å². The van der Waals surface area contributed by atoms with Gasteiger partial charge in [-0.1, -0.05) is 45.7 Å². The first-order valence-electron chi connectivity index (χ1n) is 7.27. The van der Waals surface area contributed by atoms with Gasteiger partial charge in [-0.15, -0.1) is 0 Å². The average molecular weight is 421 g/mol. The minimum atomic E-state index is -0.553. The van der Waals surface area contributed by atoms with Crippen molar-refractivity contribution in [1.29, 1.82) is 5.26 Å². The van der Waals surface area contributed by atoms with Crippen LogP contribution in [0.2, 0.25) is 5.02 Å². The number of rotatable bonds is 6. The molecule has 0 aliphatic heterocycles. The molecule has 0 unspecified atom stereocenters. The van der Waals surface area contributed by atoms with E-state index >= 15 is 0 Å². The second-order valence-electron chi connectivity index (χ2n) is 4.94. The molecule has 0 heterocycles. The second kappa shape index (κ2) is 9.11. The van der Waals surface area contributed by atoms with Crippen molar-refractivity contribution in [2.45, 2.75) is 6.54 Å². The average Bonchev–Trinajstić information content (AvgIpc) is 2.60. The Morgan fingerprint density at radius 3 is 2.80 bits per heavy atom. The van der Waals surface area contributed by atoms with Gasteiger partial charge in [0, 0.05) is 22.2 Å². The summed E-state index contributed by atoms with van der Waals surface area (Å²) in [5.41, 5.74) is 1.34. The molecule has 2 aromatic rings. The van der Waals surface area contributed by atoms with Gasteiger partial charge >= 0.3 is 0 Å². The van der Waals surface area contributed by atoms with E-state index in [0.717, 1.165) is 10.0 Å². The van der Waals surface area contributed by atoms with Crippen LogP contribution in [0.1, 0.15) is 5.56 Å². The van der Waals surface area contributed by atoms with Gasteiger partial charge in [-0.3, -0.25) is 4.79 Å². The van der Waals surface area contributed by atoms with Gasteiger partial charge in [0.2, 0.25) is 0 Å². The summed E-state index contributed by atoms with van der Waals surface area (Å²) in [4.78, 5) is 12.3. The predicted octanol–water partition coefficient (Wildman–Crippen LogP) is 4.25. The van der Waals surface area contributed by atoms with Crippen molar-refractivity contribution in [3.8, 4) is 11.8 Å². The van der Waals surface area contributed by atoms with Crippen LogP contribution in [0.25, 0.3) is 0 Å². The summed E-state index contributed by atoms with van der Waals surface area (Å²) in [6.07, 6.45) is 1.38. The fourth-order valence-electron chi connectivity index (χ4n) is 2.02. The van der Waals surface area contributed by atoms with Crippen LogP contribution >= 0.6 is 27.5 Å². The maximum Gasteiger partial charge on any atom is 0.267 e. The zero-order valence-corrected chi connectivity index (χ0v) is 15.7. The monoisotopic (exact) mass is 419 g/mol. The van der Waals surface area contributed by atoms with Crippen molar-refractivity contribution in [3.63, 3.8) is 0 Å². The van der Waals surface area contributed by atoms with Gasteiger partial charge in [-0.25, -0.2) is 0 Å². The van der Waals surface area contributed by atoms with Crippen molar-refractivity contribution in [2.75, 3.05) is 12.4 Å². The Hall–Kier alpha value is -2.49. The quantitative estimate of drug-likeness (QED) is 0.541. The van der Waals surface area contributed by atoms with Crippen molar-refractivity contribution >= 4 is 39.1 Å². The number of ether oxygens (including phenoxy) is 1. The molecule has 0 aliphatic rings.